The fourth-order valence-corrected chi connectivity index (χ4v) is 2.83. The molecule has 1 aromatic rings. The van der Waals surface area contributed by atoms with Crippen LogP contribution in [-0.2, 0) is 17.8 Å². The molecule has 2 fully saturated rings. The zero-order chi connectivity index (χ0) is 13.5. The average Bonchev–Trinajstić information content (AvgIpc) is 3.27. The van der Waals surface area contributed by atoms with E-state index >= 15 is 0 Å². The number of aromatic nitrogens is 2. The summed E-state index contributed by atoms with van der Waals surface area (Å²) < 4.78 is 2.00. The standard InChI is InChI=1S/C14H21N3O2/c1-2-12-15-7-8-17(12)9-14(13(18)19,10-3-4-10)16-11-5-6-11/h7-8,10-11,16H,2-6,9H2,1H3,(H,18,19). The molecule has 2 aliphatic carbocycles. The summed E-state index contributed by atoms with van der Waals surface area (Å²) in [6, 6.07) is 0.394. The van der Waals surface area contributed by atoms with Crippen molar-refractivity contribution in [3.63, 3.8) is 0 Å². The minimum Gasteiger partial charge on any atom is -0.480 e. The number of carboxylic acid groups (broad SMARTS) is 1. The summed E-state index contributed by atoms with van der Waals surface area (Å²) in [4.78, 5) is 16.2. The molecular formula is C14H21N3O2. The van der Waals surface area contributed by atoms with Gasteiger partial charge in [0.05, 0.1) is 6.54 Å². The topological polar surface area (TPSA) is 67.2 Å². The van der Waals surface area contributed by atoms with Crippen LogP contribution in [0.5, 0.6) is 0 Å². The van der Waals surface area contributed by atoms with E-state index in [1.165, 1.54) is 0 Å². The summed E-state index contributed by atoms with van der Waals surface area (Å²) in [6.45, 7) is 2.54. The highest BCUT2D eigenvalue weighted by Crippen LogP contribution is 2.43. The molecule has 0 bridgehead atoms. The summed E-state index contributed by atoms with van der Waals surface area (Å²) in [7, 11) is 0. The number of imidazole rings is 1. The maximum Gasteiger partial charge on any atom is 0.326 e. The van der Waals surface area contributed by atoms with Crippen molar-refractivity contribution in [2.45, 2.75) is 57.2 Å². The van der Waals surface area contributed by atoms with Crippen LogP contribution in [0.15, 0.2) is 12.4 Å². The Morgan fingerprint density at radius 3 is 2.79 bits per heavy atom. The highest BCUT2D eigenvalue weighted by molar-refractivity contribution is 5.80. The van der Waals surface area contributed by atoms with E-state index in [4.69, 9.17) is 0 Å². The predicted molar refractivity (Wildman–Crippen MR) is 70.9 cm³/mol. The lowest BCUT2D eigenvalue weighted by Crippen LogP contribution is -2.58. The quantitative estimate of drug-likeness (QED) is 0.781. The Labute approximate surface area is 113 Å². The molecular weight excluding hydrogens is 242 g/mol. The molecule has 2 saturated carbocycles. The molecule has 3 rings (SSSR count). The molecule has 1 heterocycles. The van der Waals surface area contributed by atoms with Gasteiger partial charge in [-0.2, -0.15) is 0 Å². The Bertz CT molecular complexity index is 477. The fraction of sp³-hybridized carbons (Fsp3) is 0.714. The van der Waals surface area contributed by atoms with Gasteiger partial charge in [-0.05, 0) is 31.6 Å². The molecule has 0 radical (unpaired) electrons. The molecule has 0 spiro atoms. The van der Waals surface area contributed by atoms with Crippen LogP contribution in [0.25, 0.3) is 0 Å². The molecule has 1 unspecified atom stereocenters. The molecule has 104 valence electrons. The Morgan fingerprint density at radius 2 is 2.26 bits per heavy atom. The van der Waals surface area contributed by atoms with Crippen molar-refractivity contribution in [1.82, 2.24) is 14.9 Å². The van der Waals surface area contributed by atoms with Crippen molar-refractivity contribution < 1.29 is 9.90 Å². The third kappa shape index (κ3) is 2.39. The van der Waals surface area contributed by atoms with Crippen molar-refractivity contribution in [3.8, 4) is 0 Å². The molecule has 0 saturated heterocycles. The predicted octanol–water partition coefficient (Wildman–Crippen LogP) is 1.43. The second-order valence-electron chi connectivity index (χ2n) is 5.79. The first-order valence-electron chi connectivity index (χ1n) is 7.17. The lowest BCUT2D eigenvalue weighted by molar-refractivity contribution is -0.147. The van der Waals surface area contributed by atoms with Gasteiger partial charge in [0.2, 0.25) is 0 Å². The van der Waals surface area contributed by atoms with Crippen LogP contribution in [0.3, 0.4) is 0 Å². The van der Waals surface area contributed by atoms with Crippen molar-refractivity contribution in [1.29, 1.82) is 0 Å². The van der Waals surface area contributed by atoms with Gasteiger partial charge in [0, 0.05) is 24.9 Å². The molecule has 0 amide bonds. The lowest BCUT2D eigenvalue weighted by Gasteiger charge is -2.32. The maximum atomic E-state index is 11.9. The zero-order valence-electron chi connectivity index (χ0n) is 11.3. The smallest absolute Gasteiger partial charge is 0.326 e. The summed E-state index contributed by atoms with van der Waals surface area (Å²) in [6.07, 6.45) is 8.72. The number of rotatable bonds is 7. The molecule has 0 aromatic carbocycles. The fourth-order valence-electron chi connectivity index (χ4n) is 2.83. The first-order chi connectivity index (χ1) is 9.15. The van der Waals surface area contributed by atoms with E-state index in [1.807, 2.05) is 17.7 Å². The highest BCUT2D eigenvalue weighted by atomic mass is 16.4. The molecule has 5 nitrogen and oxygen atoms in total. The van der Waals surface area contributed by atoms with Crippen LogP contribution in [0.2, 0.25) is 0 Å². The first-order valence-corrected chi connectivity index (χ1v) is 7.17. The van der Waals surface area contributed by atoms with Crippen LogP contribution >= 0.6 is 0 Å². The normalized spacial score (nSPS) is 22.2. The largest absolute Gasteiger partial charge is 0.480 e. The van der Waals surface area contributed by atoms with E-state index in [0.717, 1.165) is 37.9 Å². The molecule has 2 aliphatic rings. The summed E-state index contributed by atoms with van der Waals surface area (Å²) in [5.74, 6) is 0.513. The van der Waals surface area contributed by atoms with Crippen LogP contribution in [-0.4, -0.2) is 32.2 Å². The molecule has 5 heteroatoms. The number of nitrogens with zero attached hydrogens (tertiary/aromatic N) is 2. The van der Waals surface area contributed by atoms with Crippen LogP contribution in [0, 0.1) is 5.92 Å². The van der Waals surface area contributed by atoms with Gasteiger partial charge in [0.25, 0.3) is 0 Å². The van der Waals surface area contributed by atoms with Crippen LogP contribution in [0.4, 0.5) is 0 Å². The van der Waals surface area contributed by atoms with E-state index in [9.17, 15) is 9.90 Å². The SMILES string of the molecule is CCc1nccn1CC(NC1CC1)(C(=O)O)C1CC1. The van der Waals surface area contributed by atoms with Crippen LogP contribution < -0.4 is 5.32 Å². The van der Waals surface area contributed by atoms with E-state index in [1.54, 1.807) is 6.20 Å². The van der Waals surface area contributed by atoms with Crippen molar-refractivity contribution in [2.75, 3.05) is 0 Å². The van der Waals surface area contributed by atoms with E-state index in [0.29, 0.717) is 12.6 Å². The number of aliphatic carboxylic acids is 1. The Hall–Kier alpha value is -1.36. The first kappa shape index (κ1) is 12.7. The number of hydrogen-bond donors (Lipinski definition) is 2. The summed E-state index contributed by atoms with van der Waals surface area (Å²) >= 11 is 0. The molecule has 1 atom stereocenters. The van der Waals surface area contributed by atoms with E-state index in [-0.39, 0.29) is 5.92 Å². The van der Waals surface area contributed by atoms with Gasteiger partial charge in [0.1, 0.15) is 11.4 Å². The van der Waals surface area contributed by atoms with Gasteiger partial charge in [-0.25, -0.2) is 4.98 Å². The third-order valence-corrected chi connectivity index (χ3v) is 4.23. The van der Waals surface area contributed by atoms with Gasteiger partial charge < -0.3 is 9.67 Å². The van der Waals surface area contributed by atoms with Crippen molar-refractivity contribution in [3.05, 3.63) is 18.2 Å². The molecule has 2 N–H and O–H groups in total. The second-order valence-corrected chi connectivity index (χ2v) is 5.79. The number of hydrogen-bond acceptors (Lipinski definition) is 3. The number of carboxylic acids is 1. The highest BCUT2D eigenvalue weighted by Gasteiger charge is 2.53. The molecule has 1 aromatic heterocycles. The van der Waals surface area contributed by atoms with Gasteiger partial charge in [-0.1, -0.05) is 6.92 Å². The Balaban J connectivity index is 1.87. The third-order valence-electron chi connectivity index (χ3n) is 4.23. The van der Waals surface area contributed by atoms with Gasteiger partial charge in [-0.3, -0.25) is 10.1 Å². The number of aryl methyl sites for hydroxylation is 1. The average molecular weight is 263 g/mol. The zero-order valence-corrected chi connectivity index (χ0v) is 11.3. The van der Waals surface area contributed by atoms with Crippen molar-refractivity contribution >= 4 is 5.97 Å². The summed E-state index contributed by atoms with van der Waals surface area (Å²) in [5.41, 5.74) is -0.800. The van der Waals surface area contributed by atoms with Gasteiger partial charge in [-0.15, -0.1) is 0 Å². The molecule has 19 heavy (non-hydrogen) atoms. The summed E-state index contributed by atoms with van der Waals surface area (Å²) in [5, 5.41) is 13.2. The van der Waals surface area contributed by atoms with Gasteiger partial charge in [0.15, 0.2) is 0 Å². The second kappa shape index (κ2) is 4.63. The maximum absolute atomic E-state index is 11.9. The molecule has 0 aliphatic heterocycles. The minimum absolute atomic E-state index is 0.262. The monoisotopic (exact) mass is 263 g/mol. The van der Waals surface area contributed by atoms with Gasteiger partial charge >= 0.3 is 5.97 Å². The number of nitrogens with one attached hydrogen (secondary N) is 1. The van der Waals surface area contributed by atoms with Crippen LogP contribution in [0.1, 0.15) is 38.4 Å². The minimum atomic E-state index is -0.800. The number of carbonyl (C=O) groups is 1. The van der Waals surface area contributed by atoms with Crippen molar-refractivity contribution in [2.24, 2.45) is 5.92 Å². The van der Waals surface area contributed by atoms with E-state index in [2.05, 4.69) is 10.3 Å². The van der Waals surface area contributed by atoms with E-state index < -0.39 is 11.5 Å². The lowest BCUT2D eigenvalue weighted by atomic mass is 9.92. The Morgan fingerprint density at radius 1 is 1.53 bits per heavy atom. The Kier molecular flexibility index (Phi) is 3.09.